The van der Waals surface area contributed by atoms with E-state index in [4.69, 9.17) is 4.74 Å². The number of sulfone groups is 1. The lowest BCUT2D eigenvalue weighted by Gasteiger charge is -2.12. The molecule has 0 bridgehead atoms. The quantitative estimate of drug-likeness (QED) is 0.831. The van der Waals surface area contributed by atoms with E-state index in [9.17, 15) is 8.42 Å². The summed E-state index contributed by atoms with van der Waals surface area (Å²) in [5, 5.41) is 3.22. The summed E-state index contributed by atoms with van der Waals surface area (Å²) in [6, 6.07) is 13.0. The maximum atomic E-state index is 11.6. The van der Waals surface area contributed by atoms with Crippen LogP contribution in [-0.2, 0) is 9.84 Å². The molecule has 0 aromatic heterocycles. The molecule has 0 radical (unpaired) electrons. The van der Waals surface area contributed by atoms with Crippen LogP contribution in [0.25, 0.3) is 0 Å². The summed E-state index contributed by atoms with van der Waals surface area (Å²) < 4.78 is 28.8. The van der Waals surface area contributed by atoms with Gasteiger partial charge in [0, 0.05) is 18.5 Å². The Labute approximate surface area is 132 Å². The number of anilines is 1. The van der Waals surface area contributed by atoms with Gasteiger partial charge in [-0.2, -0.15) is 0 Å². The number of nitrogens with one attached hydrogen (secondary N) is 1. The number of rotatable bonds is 6. The van der Waals surface area contributed by atoms with E-state index in [1.165, 1.54) is 11.8 Å². The van der Waals surface area contributed by atoms with Crippen LogP contribution in [0.2, 0.25) is 0 Å². The van der Waals surface area contributed by atoms with Gasteiger partial charge >= 0.3 is 0 Å². The van der Waals surface area contributed by atoms with Crippen LogP contribution in [-0.4, -0.2) is 27.8 Å². The first-order valence-corrected chi connectivity index (χ1v) is 8.99. The molecule has 0 aliphatic rings. The Morgan fingerprint density at radius 3 is 2.36 bits per heavy atom. The molecule has 0 saturated carbocycles. The van der Waals surface area contributed by atoms with Crippen molar-refractivity contribution in [2.45, 2.75) is 18.7 Å². The van der Waals surface area contributed by atoms with Crippen molar-refractivity contribution in [1.82, 2.24) is 0 Å². The van der Waals surface area contributed by atoms with Crippen LogP contribution >= 0.6 is 0 Å². The van der Waals surface area contributed by atoms with Crippen molar-refractivity contribution >= 4 is 15.5 Å². The number of hydrogen-bond acceptors (Lipinski definition) is 4. The lowest BCUT2D eigenvalue weighted by molar-refractivity contribution is 0.333. The molecule has 0 amide bonds. The Balaban J connectivity index is 1.93. The maximum absolute atomic E-state index is 11.6. The van der Waals surface area contributed by atoms with E-state index in [1.54, 1.807) is 18.2 Å². The lowest BCUT2D eigenvalue weighted by atomic mass is 10.2. The van der Waals surface area contributed by atoms with Gasteiger partial charge in [0.1, 0.15) is 12.4 Å². The minimum absolute atomic E-state index is 0.319. The standard InChI is InChI=1S/C17H21NO3S/c1-13-4-7-15(8-5-13)21-11-10-18-17-12-16(22(3,19)20)9-6-14(17)2/h4-9,12,18H,10-11H2,1-3H3. The second kappa shape index (κ2) is 6.83. The van der Waals surface area contributed by atoms with Gasteiger partial charge in [-0.25, -0.2) is 8.42 Å². The zero-order valence-corrected chi connectivity index (χ0v) is 13.9. The van der Waals surface area contributed by atoms with Gasteiger partial charge in [0.15, 0.2) is 9.84 Å². The summed E-state index contributed by atoms with van der Waals surface area (Å²) in [6.07, 6.45) is 1.21. The van der Waals surface area contributed by atoms with Crippen molar-refractivity contribution < 1.29 is 13.2 Å². The SMILES string of the molecule is Cc1ccc(OCCNc2cc(S(C)(=O)=O)ccc2C)cc1. The summed E-state index contributed by atoms with van der Waals surface area (Å²) >= 11 is 0. The fourth-order valence-corrected chi connectivity index (χ4v) is 2.66. The Morgan fingerprint density at radius 1 is 1.05 bits per heavy atom. The lowest BCUT2D eigenvalue weighted by Crippen LogP contribution is -2.12. The van der Waals surface area contributed by atoms with Crippen molar-refractivity contribution in [2.24, 2.45) is 0 Å². The number of aryl methyl sites for hydroxylation is 2. The average molecular weight is 319 g/mol. The molecule has 4 nitrogen and oxygen atoms in total. The normalized spacial score (nSPS) is 11.2. The van der Waals surface area contributed by atoms with Gasteiger partial charge in [0.05, 0.1) is 4.90 Å². The Hall–Kier alpha value is -2.01. The van der Waals surface area contributed by atoms with Crippen LogP contribution in [0.3, 0.4) is 0 Å². The fourth-order valence-electron chi connectivity index (χ4n) is 2.01. The number of ether oxygens (including phenoxy) is 1. The van der Waals surface area contributed by atoms with Gasteiger partial charge in [0.2, 0.25) is 0 Å². The van der Waals surface area contributed by atoms with Crippen LogP contribution in [0.15, 0.2) is 47.4 Å². The average Bonchev–Trinajstić information content (AvgIpc) is 2.46. The third-order valence-corrected chi connectivity index (χ3v) is 4.45. The van der Waals surface area contributed by atoms with E-state index in [0.717, 1.165) is 17.0 Å². The number of hydrogen-bond donors (Lipinski definition) is 1. The topological polar surface area (TPSA) is 55.4 Å². The van der Waals surface area contributed by atoms with Crippen LogP contribution in [0.4, 0.5) is 5.69 Å². The van der Waals surface area contributed by atoms with Crippen LogP contribution in [0.5, 0.6) is 5.75 Å². The molecule has 0 spiro atoms. The third-order valence-electron chi connectivity index (χ3n) is 3.34. The second-order valence-corrected chi connectivity index (χ2v) is 7.35. The molecule has 22 heavy (non-hydrogen) atoms. The summed E-state index contributed by atoms with van der Waals surface area (Å²) in [5.74, 6) is 0.828. The van der Waals surface area contributed by atoms with E-state index >= 15 is 0 Å². The zero-order chi connectivity index (χ0) is 16.2. The Kier molecular flexibility index (Phi) is 5.08. The van der Waals surface area contributed by atoms with E-state index in [1.807, 2.05) is 38.1 Å². The highest BCUT2D eigenvalue weighted by Crippen LogP contribution is 2.20. The molecule has 2 rings (SSSR count). The number of benzene rings is 2. The van der Waals surface area contributed by atoms with Gasteiger partial charge < -0.3 is 10.1 Å². The molecule has 0 aliphatic carbocycles. The van der Waals surface area contributed by atoms with Crippen LogP contribution in [0.1, 0.15) is 11.1 Å². The molecule has 0 aliphatic heterocycles. The Morgan fingerprint density at radius 2 is 1.73 bits per heavy atom. The molecule has 0 fully saturated rings. The molecular weight excluding hydrogens is 298 g/mol. The zero-order valence-electron chi connectivity index (χ0n) is 13.1. The molecule has 0 saturated heterocycles. The minimum Gasteiger partial charge on any atom is -0.492 e. The van der Waals surface area contributed by atoms with Crippen molar-refractivity contribution in [3.63, 3.8) is 0 Å². The third kappa shape index (κ3) is 4.49. The first-order valence-electron chi connectivity index (χ1n) is 7.10. The summed E-state index contributed by atoms with van der Waals surface area (Å²) in [7, 11) is -3.19. The molecule has 5 heteroatoms. The molecule has 2 aromatic rings. The predicted molar refractivity (Wildman–Crippen MR) is 89.5 cm³/mol. The van der Waals surface area contributed by atoms with Gasteiger partial charge in [-0.3, -0.25) is 0 Å². The van der Waals surface area contributed by atoms with Gasteiger partial charge in [-0.1, -0.05) is 23.8 Å². The molecule has 1 N–H and O–H groups in total. The summed E-state index contributed by atoms with van der Waals surface area (Å²) in [5.41, 5.74) is 3.01. The fraction of sp³-hybridized carbons (Fsp3) is 0.294. The van der Waals surface area contributed by atoms with E-state index < -0.39 is 9.84 Å². The molecular formula is C17H21NO3S. The van der Waals surface area contributed by atoms with E-state index in [-0.39, 0.29) is 0 Å². The molecule has 118 valence electrons. The van der Waals surface area contributed by atoms with E-state index in [2.05, 4.69) is 5.32 Å². The van der Waals surface area contributed by atoms with Crippen molar-refractivity contribution in [1.29, 1.82) is 0 Å². The smallest absolute Gasteiger partial charge is 0.175 e. The first-order chi connectivity index (χ1) is 10.4. The molecule has 0 atom stereocenters. The van der Waals surface area contributed by atoms with Crippen molar-refractivity contribution in [3.05, 3.63) is 53.6 Å². The molecule has 0 heterocycles. The molecule has 0 unspecified atom stereocenters. The highest BCUT2D eigenvalue weighted by atomic mass is 32.2. The Bertz CT molecular complexity index is 737. The second-order valence-electron chi connectivity index (χ2n) is 5.34. The highest BCUT2D eigenvalue weighted by Gasteiger charge is 2.09. The maximum Gasteiger partial charge on any atom is 0.175 e. The van der Waals surface area contributed by atoms with Gasteiger partial charge in [-0.05, 0) is 43.7 Å². The van der Waals surface area contributed by atoms with E-state index in [0.29, 0.717) is 18.0 Å². The predicted octanol–water partition coefficient (Wildman–Crippen LogP) is 3.20. The summed E-state index contributed by atoms with van der Waals surface area (Å²) in [4.78, 5) is 0.319. The summed E-state index contributed by atoms with van der Waals surface area (Å²) in [6.45, 7) is 5.08. The van der Waals surface area contributed by atoms with Crippen molar-refractivity contribution in [3.8, 4) is 5.75 Å². The minimum atomic E-state index is -3.19. The van der Waals surface area contributed by atoms with Crippen molar-refractivity contribution in [2.75, 3.05) is 24.7 Å². The first kappa shape index (κ1) is 16.4. The van der Waals surface area contributed by atoms with Crippen LogP contribution < -0.4 is 10.1 Å². The largest absolute Gasteiger partial charge is 0.492 e. The monoisotopic (exact) mass is 319 g/mol. The van der Waals surface area contributed by atoms with Gasteiger partial charge in [0.25, 0.3) is 0 Å². The molecule has 2 aromatic carbocycles. The highest BCUT2D eigenvalue weighted by molar-refractivity contribution is 7.90. The van der Waals surface area contributed by atoms with Crippen LogP contribution in [0, 0.1) is 13.8 Å². The van der Waals surface area contributed by atoms with Gasteiger partial charge in [-0.15, -0.1) is 0 Å².